The van der Waals surface area contributed by atoms with E-state index in [1.165, 1.54) is 6.33 Å². The maximum atomic E-state index is 12.0. The van der Waals surface area contributed by atoms with E-state index in [1.54, 1.807) is 9.80 Å². The number of aryl methyl sites for hydroxylation is 1. The standard InChI is InChI=1S/C19H21N7O2/c1-3-25(16-8-4-7-15(2)13-16)19-17(26(27)28)18(22-14-23-19)24(11-5-9-20)12-6-10-21/h4,7-8,13-14H,3,5-6,11-12H2,1-2H3. The first kappa shape index (κ1) is 20.6. The van der Waals surface area contributed by atoms with Gasteiger partial charge >= 0.3 is 5.69 Å². The predicted octanol–water partition coefficient (Wildman–Crippen LogP) is 3.48. The van der Waals surface area contributed by atoms with E-state index < -0.39 is 4.92 Å². The number of rotatable bonds is 9. The second-order valence-electron chi connectivity index (χ2n) is 6.01. The third-order valence-corrected chi connectivity index (χ3v) is 4.14. The summed E-state index contributed by atoms with van der Waals surface area (Å²) in [6, 6.07) is 11.7. The van der Waals surface area contributed by atoms with Gasteiger partial charge in [-0.3, -0.25) is 10.1 Å². The molecule has 1 aromatic heterocycles. The third-order valence-electron chi connectivity index (χ3n) is 4.14. The van der Waals surface area contributed by atoms with Crippen LogP contribution in [0.1, 0.15) is 25.3 Å². The van der Waals surface area contributed by atoms with Crippen LogP contribution in [0, 0.1) is 39.7 Å². The lowest BCUT2D eigenvalue weighted by Crippen LogP contribution is -2.28. The van der Waals surface area contributed by atoms with Crippen molar-refractivity contribution in [3.8, 4) is 12.1 Å². The van der Waals surface area contributed by atoms with Crippen LogP contribution in [0.2, 0.25) is 0 Å². The molecule has 0 amide bonds. The Balaban J connectivity index is 2.59. The summed E-state index contributed by atoms with van der Waals surface area (Å²) < 4.78 is 0. The van der Waals surface area contributed by atoms with Gasteiger partial charge in [0, 0.05) is 25.3 Å². The molecule has 1 heterocycles. The van der Waals surface area contributed by atoms with Gasteiger partial charge in [0.05, 0.1) is 29.9 Å². The molecule has 0 fully saturated rings. The molecule has 0 saturated heterocycles. The van der Waals surface area contributed by atoms with Crippen molar-refractivity contribution in [1.82, 2.24) is 9.97 Å². The first-order chi connectivity index (χ1) is 13.5. The lowest BCUT2D eigenvalue weighted by molar-refractivity contribution is -0.383. The fraction of sp³-hybridized carbons (Fsp3) is 0.368. The molecule has 0 aliphatic rings. The van der Waals surface area contributed by atoms with Crippen LogP contribution in [0.25, 0.3) is 0 Å². The zero-order valence-electron chi connectivity index (χ0n) is 15.9. The number of nitriles is 2. The molecule has 2 rings (SSSR count). The highest BCUT2D eigenvalue weighted by molar-refractivity contribution is 5.76. The van der Waals surface area contributed by atoms with Crippen LogP contribution in [-0.2, 0) is 0 Å². The molecule has 0 radical (unpaired) electrons. The van der Waals surface area contributed by atoms with Crippen molar-refractivity contribution in [3.05, 3.63) is 46.3 Å². The number of nitro groups is 1. The largest absolute Gasteiger partial charge is 0.353 e. The highest BCUT2D eigenvalue weighted by Crippen LogP contribution is 2.37. The van der Waals surface area contributed by atoms with E-state index in [0.29, 0.717) is 6.54 Å². The number of hydrogen-bond acceptors (Lipinski definition) is 8. The zero-order valence-corrected chi connectivity index (χ0v) is 15.9. The molecular formula is C19H21N7O2. The molecule has 2 aromatic rings. The summed E-state index contributed by atoms with van der Waals surface area (Å²) in [5, 5.41) is 29.8. The number of hydrogen-bond donors (Lipinski definition) is 0. The van der Waals surface area contributed by atoms with Gasteiger partial charge in [0.25, 0.3) is 0 Å². The fourth-order valence-corrected chi connectivity index (χ4v) is 2.90. The molecule has 144 valence electrons. The van der Waals surface area contributed by atoms with Crippen LogP contribution in [0.15, 0.2) is 30.6 Å². The van der Waals surface area contributed by atoms with Gasteiger partial charge in [-0.1, -0.05) is 12.1 Å². The van der Waals surface area contributed by atoms with Gasteiger partial charge in [-0.15, -0.1) is 0 Å². The molecule has 0 atom stereocenters. The van der Waals surface area contributed by atoms with Crippen molar-refractivity contribution in [2.75, 3.05) is 29.4 Å². The van der Waals surface area contributed by atoms with Crippen LogP contribution < -0.4 is 9.80 Å². The first-order valence-corrected chi connectivity index (χ1v) is 8.85. The summed E-state index contributed by atoms with van der Waals surface area (Å²) in [6.07, 6.45) is 1.61. The van der Waals surface area contributed by atoms with Crippen LogP contribution in [0.3, 0.4) is 0 Å². The molecule has 0 saturated carbocycles. The van der Waals surface area contributed by atoms with Crippen molar-refractivity contribution < 1.29 is 4.92 Å². The van der Waals surface area contributed by atoms with Crippen LogP contribution >= 0.6 is 0 Å². The molecular weight excluding hydrogens is 358 g/mol. The molecule has 1 aromatic carbocycles. The van der Waals surface area contributed by atoms with Crippen LogP contribution in [0.5, 0.6) is 0 Å². The molecule has 0 aliphatic heterocycles. The molecule has 0 spiro atoms. The summed E-state index contributed by atoms with van der Waals surface area (Å²) in [6.45, 7) is 4.79. The Kier molecular flexibility index (Phi) is 7.23. The Bertz CT molecular complexity index is 899. The summed E-state index contributed by atoms with van der Waals surface area (Å²) in [5.74, 6) is 0.300. The van der Waals surface area contributed by atoms with Gasteiger partial charge in [0.15, 0.2) is 0 Å². The monoisotopic (exact) mass is 379 g/mol. The minimum atomic E-state index is -0.505. The Morgan fingerprint density at radius 2 is 1.79 bits per heavy atom. The summed E-state index contributed by atoms with van der Waals surface area (Å²) in [7, 11) is 0. The highest BCUT2D eigenvalue weighted by atomic mass is 16.6. The molecule has 28 heavy (non-hydrogen) atoms. The lowest BCUT2D eigenvalue weighted by atomic mass is 10.2. The summed E-state index contributed by atoms with van der Waals surface area (Å²) >= 11 is 0. The maximum absolute atomic E-state index is 12.0. The fourth-order valence-electron chi connectivity index (χ4n) is 2.90. The first-order valence-electron chi connectivity index (χ1n) is 8.85. The average molecular weight is 379 g/mol. The van der Waals surface area contributed by atoms with Gasteiger partial charge in [-0.2, -0.15) is 10.5 Å². The topological polar surface area (TPSA) is 123 Å². The van der Waals surface area contributed by atoms with E-state index in [9.17, 15) is 10.1 Å². The van der Waals surface area contributed by atoms with E-state index in [-0.39, 0.29) is 43.3 Å². The van der Waals surface area contributed by atoms with Gasteiger partial charge in [0.2, 0.25) is 11.6 Å². The Hall–Kier alpha value is -3.72. The number of anilines is 3. The van der Waals surface area contributed by atoms with E-state index in [1.807, 2.05) is 50.3 Å². The SMILES string of the molecule is CCN(c1cccc(C)c1)c1ncnc(N(CCC#N)CCC#N)c1[N+](=O)[O-]. The van der Waals surface area contributed by atoms with Crippen molar-refractivity contribution in [2.24, 2.45) is 0 Å². The molecule has 0 bridgehead atoms. The Morgan fingerprint density at radius 3 is 2.32 bits per heavy atom. The second kappa shape index (κ2) is 9.83. The quantitative estimate of drug-likeness (QED) is 0.479. The minimum Gasteiger partial charge on any atom is -0.349 e. The summed E-state index contributed by atoms with van der Waals surface area (Å²) in [5.41, 5.74) is 1.58. The van der Waals surface area contributed by atoms with Crippen LogP contribution in [-0.4, -0.2) is 34.5 Å². The second-order valence-corrected chi connectivity index (χ2v) is 6.01. The van der Waals surface area contributed by atoms with Crippen LogP contribution in [0.4, 0.5) is 23.0 Å². The average Bonchev–Trinajstić information content (AvgIpc) is 2.68. The maximum Gasteiger partial charge on any atom is 0.353 e. The van der Waals surface area contributed by atoms with Gasteiger partial charge in [-0.25, -0.2) is 9.97 Å². The molecule has 9 nitrogen and oxygen atoms in total. The van der Waals surface area contributed by atoms with Crippen molar-refractivity contribution in [3.63, 3.8) is 0 Å². The van der Waals surface area contributed by atoms with E-state index in [4.69, 9.17) is 10.5 Å². The number of nitrogens with zero attached hydrogens (tertiary/aromatic N) is 7. The molecule has 0 N–H and O–H groups in total. The molecule has 9 heteroatoms. The summed E-state index contributed by atoms with van der Waals surface area (Å²) in [4.78, 5) is 23.1. The zero-order chi connectivity index (χ0) is 20.5. The normalized spacial score (nSPS) is 10.0. The number of aromatic nitrogens is 2. The predicted molar refractivity (Wildman–Crippen MR) is 105 cm³/mol. The number of benzene rings is 1. The Morgan fingerprint density at radius 1 is 1.14 bits per heavy atom. The van der Waals surface area contributed by atoms with E-state index in [2.05, 4.69) is 9.97 Å². The van der Waals surface area contributed by atoms with Gasteiger partial charge < -0.3 is 9.80 Å². The van der Waals surface area contributed by atoms with Crippen molar-refractivity contribution >= 4 is 23.0 Å². The molecule has 0 aliphatic carbocycles. The minimum absolute atomic E-state index is 0.117. The Labute approximate surface area is 163 Å². The smallest absolute Gasteiger partial charge is 0.349 e. The molecule has 0 unspecified atom stereocenters. The highest BCUT2D eigenvalue weighted by Gasteiger charge is 2.30. The van der Waals surface area contributed by atoms with Gasteiger partial charge in [0.1, 0.15) is 6.33 Å². The van der Waals surface area contributed by atoms with Crippen molar-refractivity contribution in [1.29, 1.82) is 10.5 Å². The third kappa shape index (κ3) is 4.71. The van der Waals surface area contributed by atoms with Gasteiger partial charge in [-0.05, 0) is 31.5 Å². The lowest BCUT2D eigenvalue weighted by Gasteiger charge is -2.25. The van der Waals surface area contributed by atoms with E-state index >= 15 is 0 Å². The van der Waals surface area contributed by atoms with Crippen molar-refractivity contribution in [2.45, 2.75) is 26.7 Å². The van der Waals surface area contributed by atoms with E-state index in [0.717, 1.165) is 11.3 Å².